The smallest absolute Gasteiger partial charge is 0.358 e. The second-order valence-corrected chi connectivity index (χ2v) is 8.02. The fourth-order valence-electron chi connectivity index (χ4n) is 3.07. The lowest BCUT2D eigenvalue weighted by Crippen LogP contribution is -2.43. The molecule has 0 spiro atoms. The van der Waals surface area contributed by atoms with Crippen LogP contribution in [0.25, 0.3) is 0 Å². The molecule has 0 aromatic heterocycles. The zero-order valence-electron chi connectivity index (χ0n) is 17.8. The Labute approximate surface area is 166 Å². The highest BCUT2D eigenvalue weighted by Gasteiger charge is 2.17. The highest BCUT2D eigenvalue weighted by Crippen LogP contribution is 2.12. The predicted octanol–water partition coefficient (Wildman–Crippen LogP) is 5.01. The van der Waals surface area contributed by atoms with Crippen molar-refractivity contribution in [3.63, 3.8) is 0 Å². The van der Waals surface area contributed by atoms with Gasteiger partial charge in [0.25, 0.3) is 0 Å². The van der Waals surface area contributed by atoms with Crippen LogP contribution < -0.4 is 0 Å². The summed E-state index contributed by atoms with van der Waals surface area (Å²) in [6, 6.07) is 1.62. The number of rotatable bonds is 17. The summed E-state index contributed by atoms with van der Waals surface area (Å²) in [5, 5.41) is 15.5. The van der Waals surface area contributed by atoms with Gasteiger partial charge in [0.2, 0.25) is 0 Å². The number of carbonyl (C=O) groups is 1. The van der Waals surface area contributed by atoms with Crippen molar-refractivity contribution >= 4 is 11.8 Å². The molecule has 0 atom stereocenters. The molecular formula is C22H40N3O2+. The van der Waals surface area contributed by atoms with Crippen LogP contribution in [0.5, 0.6) is 0 Å². The van der Waals surface area contributed by atoms with Crippen LogP contribution in [0.2, 0.25) is 0 Å². The Bertz CT molecular complexity index is 488. The van der Waals surface area contributed by atoms with Crippen molar-refractivity contribution in [2.75, 3.05) is 33.8 Å². The van der Waals surface area contributed by atoms with Crippen LogP contribution in [-0.2, 0) is 9.53 Å². The Morgan fingerprint density at radius 2 is 1.37 bits per heavy atom. The quantitative estimate of drug-likeness (QED) is 0.0966. The summed E-state index contributed by atoms with van der Waals surface area (Å²) in [4.78, 5) is 11.5. The first kappa shape index (κ1) is 25.4. The summed E-state index contributed by atoms with van der Waals surface area (Å²) in [7, 11) is 4.26. The number of carbonyl (C=O) groups excluding carboxylic acids is 1. The predicted molar refractivity (Wildman–Crippen MR) is 111 cm³/mol. The van der Waals surface area contributed by atoms with E-state index in [1.54, 1.807) is 11.9 Å². The molecule has 0 aromatic rings. The van der Waals surface area contributed by atoms with E-state index >= 15 is 0 Å². The number of likely N-dealkylation sites (N-methyl/N-ethyl adjacent to an activating group) is 1. The molecule has 154 valence electrons. The second-order valence-electron chi connectivity index (χ2n) is 8.02. The minimum absolute atomic E-state index is 0.261. The fraction of sp³-hybridized carbons (Fsp3) is 0.818. The van der Waals surface area contributed by atoms with Gasteiger partial charge in [-0.05, 0) is 12.8 Å². The molecular weight excluding hydrogens is 338 g/mol. The number of unbranched alkanes of at least 4 members (excludes halogenated alkanes) is 11. The van der Waals surface area contributed by atoms with E-state index in [1.807, 2.05) is 0 Å². The largest absolute Gasteiger partial charge is 0.455 e. The highest BCUT2D eigenvalue weighted by molar-refractivity contribution is 6.01. The van der Waals surface area contributed by atoms with Gasteiger partial charge in [0.05, 0.1) is 20.6 Å². The lowest BCUT2D eigenvalue weighted by atomic mass is 10.1. The van der Waals surface area contributed by atoms with Crippen LogP contribution in [0, 0.1) is 16.7 Å². The van der Waals surface area contributed by atoms with Gasteiger partial charge in [-0.3, -0.25) is 5.41 Å². The number of ether oxygens (including phenoxy) is 1. The number of quaternary nitrogens is 1. The molecule has 0 unspecified atom stereocenters. The van der Waals surface area contributed by atoms with Gasteiger partial charge >= 0.3 is 5.97 Å². The van der Waals surface area contributed by atoms with Crippen molar-refractivity contribution in [1.29, 1.82) is 10.7 Å². The lowest BCUT2D eigenvalue weighted by Gasteiger charge is -2.29. The van der Waals surface area contributed by atoms with Crippen molar-refractivity contribution in [3.05, 3.63) is 5.57 Å². The second kappa shape index (κ2) is 16.5. The Hall–Kier alpha value is -1.63. The van der Waals surface area contributed by atoms with Gasteiger partial charge in [0, 0.05) is 5.87 Å². The molecule has 0 aromatic carbocycles. The molecule has 0 radical (unpaired) electrons. The zero-order valence-corrected chi connectivity index (χ0v) is 17.8. The molecule has 27 heavy (non-hydrogen) atoms. The molecule has 0 fully saturated rings. The van der Waals surface area contributed by atoms with Crippen molar-refractivity contribution in [3.8, 4) is 6.07 Å². The molecule has 0 saturated carbocycles. The van der Waals surface area contributed by atoms with Crippen molar-refractivity contribution in [1.82, 2.24) is 0 Å². The topological polar surface area (TPSA) is 73.9 Å². The van der Waals surface area contributed by atoms with Gasteiger partial charge in [-0.1, -0.05) is 71.1 Å². The van der Waals surface area contributed by atoms with Crippen LogP contribution >= 0.6 is 0 Å². The normalized spacial score (nSPS) is 10.9. The van der Waals surface area contributed by atoms with E-state index in [0.29, 0.717) is 6.54 Å². The minimum Gasteiger partial charge on any atom is -0.455 e. The molecule has 5 nitrogen and oxygen atoms in total. The molecule has 0 aliphatic carbocycles. The van der Waals surface area contributed by atoms with Crippen molar-refractivity contribution in [2.24, 2.45) is 0 Å². The van der Waals surface area contributed by atoms with Crippen LogP contribution in [-0.4, -0.2) is 50.1 Å². The third-order valence-electron chi connectivity index (χ3n) is 4.99. The van der Waals surface area contributed by atoms with Gasteiger partial charge in [0.15, 0.2) is 5.57 Å². The highest BCUT2D eigenvalue weighted by atomic mass is 16.5. The van der Waals surface area contributed by atoms with Gasteiger partial charge in [0.1, 0.15) is 19.2 Å². The zero-order chi connectivity index (χ0) is 20.4. The summed E-state index contributed by atoms with van der Waals surface area (Å²) < 4.78 is 5.83. The molecule has 0 saturated heterocycles. The van der Waals surface area contributed by atoms with E-state index in [2.05, 4.69) is 21.0 Å². The van der Waals surface area contributed by atoms with Gasteiger partial charge in [-0.2, -0.15) is 5.26 Å². The first-order chi connectivity index (χ1) is 13.0. The van der Waals surface area contributed by atoms with E-state index in [0.717, 1.165) is 11.0 Å². The van der Waals surface area contributed by atoms with Gasteiger partial charge < -0.3 is 9.22 Å². The number of hydrogen-bond acceptors (Lipinski definition) is 4. The van der Waals surface area contributed by atoms with Crippen molar-refractivity contribution in [2.45, 2.75) is 84.0 Å². The van der Waals surface area contributed by atoms with Crippen molar-refractivity contribution < 1.29 is 14.0 Å². The first-order valence-electron chi connectivity index (χ1n) is 10.7. The summed E-state index contributed by atoms with van der Waals surface area (Å²) >= 11 is 0. The molecule has 0 aliphatic rings. The maximum atomic E-state index is 11.5. The third kappa shape index (κ3) is 15.2. The Balaban J connectivity index is 3.58. The Morgan fingerprint density at radius 1 is 0.889 bits per heavy atom. The summed E-state index contributed by atoms with van der Waals surface area (Å²) in [6.45, 7) is 4.29. The lowest BCUT2D eigenvalue weighted by molar-refractivity contribution is -0.890. The van der Waals surface area contributed by atoms with E-state index < -0.39 is 5.97 Å². The standard InChI is InChI=1S/C22H40N3O2/c1-4-5-6-7-8-9-10-11-12-13-14-15-16-25(2,3)17-18-27-22(26)21(19-23)20-24/h23H,4-18H2,1-3H3/q+1. The molecule has 0 bridgehead atoms. The number of esters is 1. The Morgan fingerprint density at radius 3 is 1.81 bits per heavy atom. The van der Waals surface area contributed by atoms with Crippen LogP contribution in [0.1, 0.15) is 84.0 Å². The molecule has 5 heteroatoms. The van der Waals surface area contributed by atoms with Gasteiger partial charge in [-0.25, -0.2) is 4.79 Å². The fourth-order valence-corrected chi connectivity index (χ4v) is 3.07. The minimum atomic E-state index is -0.752. The van der Waals surface area contributed by atoms with E-state index in [-0.39, 0.29) is 12.2 Å². The maximum Gasteiger partial charge on any atom is 0.358 e. The van der Waals surface area contributed by atoms with Crippen LogP contribution in [0.15, 0.2) is 5.57 Å². The first-order valence-corrected chi connectivity index (χ1v) is 10.7. The molecule has 0 amide bonds. The monoisotopic (exact) mass is 378 g/mol. The molecule has 0 aliphatic heterocycles. The number of nitriles is 1. The van der Waals surface area contributed by atoms with E-state index in [4.69, 9.17) is 15.4 Å². The number of hydrogen-bond donors (Lipinski definition) is 1. The molecule has 0 heterocycles. The molecule has 1 N–H and O–H groups in total. The average Bonchev–Trinajstić information content (AvgIpc) is 2.63. The van der Waals surface area contributed by atoms with Crippen LogP contribution in [0.4, 0.5) is 0 Å². The average molecular weight is 379 g/mol. The number of nitrogens with one attached hydrogen (secondary N) is 1. The SMILES string of the molecule is CCCCCCCCCCCCCC[N+](C)(C)CCOC(=O)C(=C=N)C#N. The molecule has 0 rings (SSSR count). The third-order valence-corrected chi connectivity index (χ3v) is 4.99. The Kier molecular flexibility index (Phi) is 15.5. The van der Waals surface area contributed by atoms with E-state index in [1.165, 1.54) is 77.0 Å². The number of nitrogens with zero attached hydrogens (tertiary/aromatic N) is 2. The summed E-state index contributed by atoms with van der Waals surface area (Å²) in [5.41, 5.74) is -0.374. The van der Waals surface area contributed by atoms with Crippen LogP contribution in [0.3, 0.4) is 0 Å². The van der Waals surface area contributed by atoms with E-state index in [9.17, 15) is 4.79 Å². The summed E-state index contributed by atoms with van der Waals surface area (Å²) in [6.07, 6.45) is 16.2. The summed E-state index contributed by atoms with van der Waals surface area (Å²) in [5.74, 6) is 1.05. The van der Waals surface area contributed by atoms with Gasteiger partial charge in [-0.15, -0.1) is 0 Å². The maximum absolute atomic E-state index is 11.5.